The van der Waals surface area contributed by atoms with E-state index in [9.17, 15) is 14.3 Å². The lowest BCUT2D eigenvalue weighted by molar-refractivity contribution is -0.113. The number of hydrogen-bond donors (Lipinski definition) is 2. The third-order valence-electron chi connectivity index (χ3n) is 3.40. The quantitative estimate of drug-likeness (QED) is 0.490. The second-order valence-corrected chi connectivity index (χ2v) is 7.66. The van der Waals surface area contributed by atoms with Crippen LogP contribution < -0.4 is 5.43 Å². The lowest BCUT2D eigenvalue weighted by Crippen LogP contribution is -2.45. The monoisotopic (exact) mass is 463 g/mol. The average molecular weight is 465 g/mol. The lowest BCUT2D eigenvalue weighted by atomic mass is 10.2. The predicted molar refractivity (Wildman–Crippen MR) is 95.4 cm³/mol. The first kappa shape index (κ1) is 16.9. The number of hydrazine groups is 1. The molecule has 122 valence electrons. The van der Waals surface area contributed by atoms with E-state index in [4.69, 9.17) is 0 Å². The van der Waals surface area contributed by atoms with Crippen molar-refractivity contribution in [2.75, 3.05) is 13.1 Å². The molecule has 2 heterocycles. The molecule has 1 saturated heterocycles. The predicted octanol–water partition coefficient (Wildman–Crippen LogP) is 3.63. The van der Waals surface area contributed by atoms with Gasteiger partial charge in [-0.05, 0) is 68.6 Å². The van der Waals surface area contributed by atoms with Crippen LogP contribution in [0, 0.1) is 5.82 Å². The van der Waals surface area contributed by atoms with E-state index < -0.39 is 5.82 Å². The molecule has 23 heavy (non-hydrogen) atoms. The Labute approximate surface area is 153 Å². The molecule has 2 N–H and O–H groups in total. The van der Waals surface area contributed by atoms with Gasteiger partial charge in [0, 0.05) is 18.7 Å². The van der Waals surface area contributed by atoms with Gasteiger partial charge in [0.25, 0.3) is 5.91 Å². The summed E-state index contributed by atoms with van der Waals surface area (Å²) < 4.78 is 13.8. The zero-order valence-corrected chi connectivity index (χ0v) is 15.8. The minimum absolute atomic E-state index is 0.0481. The van der Waals surface area contributed by atoms with Gasteiger partial charge >= 0.3 is 0 Å². The second-order valence-electron chi connectivity index (χ2n) is 5.00. The highest BCUT2D eigenvalue weighted by Crippen LogP contribution is 2.38. The smallest absolute Gasteiger partial charge is 0.286 e. The Morgan fingerprint density at radius 3 is 2.91 bits per heavy atom. The molecule has 1 amide bonds. The van der Waals surface area contributed by atoms with E-state index in [1.165, 1.54) is 23.9 Å². The molecule has 1 aromatic rings. The van der Waals surface area contributed by atoms with Crippen molar-refractivity contribution in [3.63, 3.8) is 0 Å². The topological polar surface area (TPSA) is 64.9 Å². The van der Waals surface area contributed by atoms with Crippen molar-refractivity contribution in [3.05, 3.63) is 31.3 Å². The number of carbonyl (C=O) groups excluding carboxylic acids is 1. The number of aliphatic imine (C=N–C) groups is 1. The van der Waals surface area contributed by atoms with E-state index in [1.807, 2.05) is 5.01 Å². The van der Waals surface area contributed by atoms with Crippen LogP contribution in [-0.2, 0) is 4.79 Å². The molecule has 1 fully saturated rings. The molecule has 0 spiro atoms. The van der Waals surface area contributed by atoms with Crippen LogP contribution in [0.3, 0.4) is 0 Å². The van der Waals surface area contributed by atoms with Crippen LogP contribution >= 0.6 is 43.6 Å². The summed E-state index contributed by atoms with van der Waals surface area (Å²) in [5.41, 5.74) is 3.53. The Morgan fingerprint density at radius 1 is 1.43 bits per heavy atom. The molecule has 0 saturated carbocycles. The highest BCUT2D eigenvalue weighted by atomic mass is 79.9. The number of nitrogens with zero attached hydrogens (tertiary/aromatic N) is 2. The highest BCUT2D eigenvalue weighted by molar-refractivity contribution is 9.11. The summed E-state index contributed by atoms with van der Waals surface area (Å²) in [5, 5.41) is 12.5. The molecule has 0 aliphatic carbocycles. The largest absolute Gasteiger partial charge is 0.506 e. The molecule has 0 aromatic heterocycles. The van der Waals surface area contributed by atoms with Crippen molar-refractivity contribution in [3.8, 4) is 5.75 Å². The van der Waals surface area contributed by atoms with Crippen molar-refractivity contribution in [1.29, 1.82) is 0 Å². The summed E-state index contributed by atoms with van der Waals surface area (Å²) in [4.78, 5) is 16.5. The summed E-state index contributed by atoms with van der Waals surface area (Å²) in [6.45, 7) is 1.65. The van der Waals surface area contributed by atoms with Gasteiger partial charge in [0.1, 0.15) is 5.75 Å². The van der Waals surface area contributed by atoms with Crippen LogP contribution in [0.1, 0.15) is 18.4 Å². The molecule has 0 bridgehead atoms. The average Bonchev–Trinajstić information content (AvgIpc) is 2.92. The lowest BCUT2D eigenvalue weighted by Gasteiger charge is -2.28. The Bertz CT molecular complexity index is 733. The maximum absolute atomic E-state index is 13.7. The Kier molecular flexibility index (Phi) is 5.10. The zero-order chi connectivity index (χ0) is 16.6. The molecule has 5 nitrogen and oxygen atoms in total. The van der Waals surface area contributed by atoms with Crippen molar-refractivity contribution in [2.45, 2.75) is 12.8 Å². The number of phenolic OH excluding ortho intramolecular Hbond substituents is 1. The number of hydrogen-bond acceptors (Lipinski definition) is 5. The molecular formula is C14H12Br2FN3O2S. The van der Waals surface area contributed by atoms with Gasteiger partial charge in [-0.1, -0.05) is 0 Å². The number of carbonyl (C=O) groups is 1. The van der Waals surface area contributed by atoms with Gasteiger partial charge in [0.2, 0.25) is 0 Å². The van der Waals surface area contributed by atoms with Gasteiger partial charge in [-0.25, -0.2) is 9.82 Å². The van der Waals surface area contributed by atoms with Crippen molar-refractivity contribution < 1.29 is 14.3 Å². The number of nitrogens with one attached hydrogen (secondary N) is 1. The van der Waals surface area contributed by atoms with Crippen molar-refractivity contribution in [2.24, 2.45) is 4.99 Å². The third kappa shape index (κ3) is 3.47. The van der Waals surface area contributed by atoms with Crippen molar-refractivity contribution >= 4 is 60.8 Å². The third-order valence-corrected chi connectivity index (χ3v) is 5.71. The summed E-state index contributed by atoms with van der Waals surface area (Å²) in [7, 11) is 0. The van der Waals surface area contributed by atoms with Gasteiger partial charge in [-0.3, -0.25) is 9.80 Å². The van der Waals surface area contributed by atoms with E-state index in [2.05, 4.69) is 42.3 Å². The van der Waals surface area contributed by atoms with E-state index in [-0.39, 0.29) is 20.6 Å². The van der Waals surface area contributed by atoms with Crippen LogP contribution in [-0.4, -0.2) is 34.3 Å². The van der Waals surface area contributed by atoms with Crippen LogP contribution in [0.2, 0.25) is 0 Å². The maximum atomic E-state index is 13.7. The number of rotatable bonds is 1. The van der Waals surface area contributed by atoms with Crippen LogP contribution in [0.5, 0.6) is 5.75 Å². The SMILES string of the molecule is O=C1N=C(N2CCCCN2)SC1=Cc1cc(Br)c(F)c(Br)c1O. The van der Waals surface area contributed by atoms with E-state index in [0.29, 0.717) is 15.6 Å². The number of benzene rings is 1. The number of phenols is 1. The van der Waals surface area contributed by atoms with Gasteiger partial charge in [-0.2, -0.15) is 4.99 Å². The van der Waals surface area contributed by atoms with Gasteiger partial charge in [0.15, 0.2) is 11.0 Å². The normalized spacial score (nSPS) is 20.3. The Morgan fingerprint density at radius 2 is 2.22 bits per heavy atom. The highest BCUT2D eigenvalue weighted by Gasteiger charge is 2.27. The first-order valence-corrected chi connectivity index (χ1v) is 9.27. The van der Waals surface area contributed by atoms with E-state index in [0.717, 1.165) is 25.9 Å². The van der Waals surface area contributed by atoms with Crippen molar-refractivity contribution in [1.82, 2.24) is 10.4 Å². The molecule has 1 aromatic carbocycles. The standard InChI is InChI=1S/C14H12Br2FN3O2S/c15-8-5-7(12(21)10(16)11(8)17)6-9-13(22)19-14(23-9)20-4-2-1-3-18-20/h5-6,18,21H,1-4H2. The molecule has 0 radical (unpaired) electrons. The Hall–Kier alpha value is -0.900. The zero-order valence-electron chi connectivity index (χ0n) is 11.8. The molecule has 2 aliphatic rings. The van der Waals surface area contributed by atoms with E-state index in [1.54, 1.807) is 0 Å². The van der Waals surface area contributed by atoms with E-state index >= 15 is 0 Å². The fourth-order valence-corrected chi connectivity index (χ4v) is 4.28. The summed E-state index contributed by atoms with van der Waals surface area (Å²) in [5.74, 6) is -1.21. The molecule has 9 heteroatoms. The first-order chi connectivity index (χ1) is 11.0. The number of amides is 1. The number of aromatic hydroxyl groups is 1. The molecule has 3 rings (SSSR count). The maximum Gasteiger partial charge on any atom is 0.286 e. The molecule has 2 aliphatic heterocycles. The summed E-state index contributed by atoms with van der Waals surface area (Å²) in [6.07, 6.45) is 3.65. The first-order valence-electron chi connectivity index (χ1n) is 6.87. The summed E-state index contributed by atoms with van der Waals surface area (Å²) >= 11 is 7.32. The fraction of sp³-hybridized carbons (Fsp3) is 0.286. The number of amidine groups is 1. The van der Waals surface area contributed by atoms with Gasteiger partial charge in [-0.15, -0.1) is 0 Å². The Balaban J connectivity index is 1.86. The number of thioether (sulfide) groups is 1. The van der Waals surface area contributed by atoms with Gasteiger partial charge < -0.3 is 5.11 Å². The molecular weight excluding hydrogens is 453 g/mol. The minimum Gasteiger partial charge on any atom is -0.506 e. The molecule has 0 atom stereocenters. The molecule has 0 unspecified atom stereocenters. The number of halogens is 3. The summed E-state index contributed by atoms with van der Waals surface area (Å²) in [6, 6.07) is 1.42. The van der Waals surface area contributed by atoms with Crippen LogP contribution in [0.25, 0.3) is 6.08 Å². The minimum atomic E-state index is -0.593. The second kappa shape index (κ2) is 6.92. The van der Waals surface area contributed by atoms with Crippen LogP contribution in [0.4, 0.5) is 4.39 Å². The fourth-order valence-electron chi connectivity index (χ4n) is 2.22. The van der Waals surface area contributed by atoms with Gasteiger partial charge in [0.05, 0.1) is 13.9 Å². The van der Waals surface area contributed by atoms with Crippen LogP contribution in [0.15, 0.2) is 24.9 Å².